The van der Waals surface area contributed by atoms with Crippen molar-refractivity contribution in [1.29, 1.82) is 0 Å². The Kier molecular flexibility index (Phi) is 3.33. The molecule has 1 spiro atoms. The smallest absolute Gasteiger partial charge is 0.161 e. The van der Waals surface area contributed by atoms with Crippen LogP contribution in [0, 0.1) is 18.3 Å². The average molecular weight is 287 g/mol. The lowest BCUT2D eigenvalue weighted by Gasteiger charge is -2.24. The zero-order chi connectivity index (χ0) is 14.3. The first-order valence-corrected chi connectivity index (χ1v) is 8.34. The first-order chi connectivity index (χ1) is 10.2. The third-order valence-corrected chi connectivity index (χ3v) is 5.33. The van der Waals surface area contributed by atoms with E-state index in [1.54, 1.807) is 0 Å². The van der Waals surface area contributed by atoms with E-state index in [1.165, 1.54) is 43.4 Å². The predicted octanol–water partition coefficient (Wildman–Crippen LogP) is 3.09. The average Bonchev–Trinajstić information content (AvgIpc) is 3.29. The number of piperidine rings is 1. The Morgan fingerprint density at radius 1 is 1.19 bits per heavy atom. The van der Waals surface area contributed by atoms with E-state index in [9.17, 15) is 0 Å². The SMILES string of the molecule is Cc1cc2c(cc1CC1CCCNC1)OCC1(CC1)CO2. The topological polar surface area (TPSA) is 30.5 Å². The number of fused-ring (bicyclic) bond motifs is 1. The van der Waals surface area contributed by atoms with Crippen LogP contribution in [0.15, 0.2) is 12.1 Å². The molecular weight excluding hydrogens is 262 g/mol. The van der Waals surface area contributed by atoms with Crippen LogP contribution in [-0.4, -0.2) is 26.3 Å². The molecule has 0 radical (unpaired) electrons. The Morgan fingerprint density at radius 2 is 1.95 bits per heavy atom. The molecule has 114 valence electrons. The van der Waals surface area contributed by atoms with E-state index in [4.69, 9.17) is 9.47 Å². The van der Waals surface area contributed by atoms with Gasteiger partial charge in [0.05, 0.1) is 13.2 Å². The standard InChI is InChI=1S/C18H25NO2/c1-13-7-16-17(21-12-18(4-5-18)11-20-16)9-15(13)8-14-3-2-6-19-10-14/h7,9,14,19H,2-6,8,10-12H2,1H3. The summed E-state index contributed by atoms with van der Waals surface area (Å²) < 4.78 is 12.1. The van der Waals surface area contributed by atoms with Crippen molar-refractivity contribution >= 4 is 0 Å². The molecule has 0 bridgehead atoms. The van der Waals surface area contributed by atoms with Gasteiger partial charge in [0.25, 0.3) is 0 Å². The minimum atomic E-state index is 0.320. The van der Waals surface area contributed by atoms with Crippen molar-refractivity contribution in [1.82, 2.24) is 5.32 Å². The van der Waals surface area contributed by atoms with Gasteiger partial charge in [-0.1, -0.05) is 0 Å². The lowest BCUT2D eigenvalue weighted by molar-refractivity contribution is 0.197. The largest absolute Gasteiger partial charge is 0.489 e. The van der Waals surface area contributed by atoms with Gasteiger partial charge in [-0.15, -0.1) is 0 Å². The molecule has 1 aromatic rings. The number of benzene rings is 1. The van der Waals surface area contributed by atoms with Crippen LogP contribution < -0.4 is 14.8 Å². The molecule has 0 aromatic heterocycles. The van der Waals surface area contributed by atoms with Crippen LogP contribution in [0.2, 0.25) is 0 Å². The van der Waals surface area contributed by atoms with Crippen molar-refractivity contribution in [2.75, 3.05) is 26.3 Å². The molecule has 3 aliphatic rings. The number of ether oxygens (including phenoxy) is 2. The molecule has 21 heavy (non-hydrogen) atoms. The Labute approximate surface area is 127 Å². The van der Waals surface area contributed by atoms with E-state index >= 15 is 0 Å². The zero-order valence-corrected chi connectivity index (χ0v) is 12.9. The van der Waals surface area contributed by atoms with E-state index in [0.717, 1.165) is 43.6 Å². The molecule has 1 aliphatic carbocycles. The van der Waals surface area contributed by atoms with Crippen LogP contribution >= 0.6 is 0 Å². The molecule has 3 nitrogen and oxygen atoms in total. The zero-order valence-electron chi connectivity index (χ0n) is 12.9. The van der Waals surface area contributed by atoms with Gasteiger partial charge >= 0.3 is 0 Å². The van der Waals surface area contributed by atoms with E-state index in [2.05, 4.69) is 24.4 Å². The molecule has 1 saturated heterocycles. The Hall–Kier alpha value is -1.22. The first kappa shape index (κ1) is 13.4. The molecule has 0 amide bonds. The summed E-state index contributed by atoms with van der Waals surface area (Å²) in [5.74, 6) is 2.67. The van der Waals surface area contributed by atoms with Gasteiger partial charge in [0.2, 0.25) is 0 Å². The quantitative estimate of drug-likeness (QED) is 0.906. The van der Waals surface area contributed by atoms with Crippen LogP contribution in [0.4, 0.5) is 0 Å². The molecule has 2 heterocycles. The van der Waals surface area contributed by atoms with Gasteiger partial charge in [0.1, 0.15) is 0 Å². The van der Waals surface area contributed by atoms with Gasteiger partial charge < -0.3 is 14.8 Å². The van der Waals surface area contributed by atoms with Crippen molar-refractivity contribution in [3.8, 4) is 11.5 Å². The van der Waals surface area contributed by atoms with Crippen molar-refractivity contribution in [3.63, 3.8) is 0 Å². The van der Waals surface area contributed by atoms with Crippen molar-refractivity contribution in [3.05, 3.63) is 23.3 Å². The molecule has 2 fully saturated rings. The number of nitrogens with one attached hydrogen (secondary N) is 1. The summed E-state index contributed by atoms with van der Waals surface area (Å²) in [7, 11) is 0. The van der Waals surface area contributed by atoms with E-state index < -0.39 is 0 Å². The van der Waals surface area contributed by atoms with Crippen LogP contribution in [0.3, 0.4) is 0 Å². The molecule has 1 saturated carbocycles. The summed E-state index contributed by atoms with van der Waals surface area (Å²) in [5, 5.41) is 3.51. The lowest BCUT2D eigenvalue weighted by atomic mass is 9.90. The van der Waals surface area contributed by atoms with E-state index in [-0.39, 0.29) is 0 Å². The summed E-state index contributed by atoms with van der Waals surface area (Å²) in [6, 6.07) is 4.42. The highest BCUT2D eigenvalue weighted by Crippen LogP contribution is 2.49. The minimum absolute atomic E-state index is 0.320. The minimum Gasteiger partial charge on any atom is -0.489 e. The second-order valence-corrected chi connectivity index (χ2v) is 7.22. The number of aryl methyl sites for hydroxylation is 1. The molecule has 1 N–H and O–H groups in total. The summed E-state index contributed by atoms with van der Waals surface area (Å²) in [6.45, 7) is 6.18. The number of hydrogen-bond acceptors (Lipinski definition) is 3. The van der Waals surface area contributed by atoms with Gasteiger partial charge in [-0.3, -0.25) is 0 Å². The fraction of sp³-hybridized carbons (Fsp3) is 0.667. The maximum Gasteiger partial charge on any atom is 0.161 e. The maximum atomic E-state index is 6.07. The van der Waals surface area contributed by atoms with Gasteiger partial charge in [-0.25, -0.2) is 0 Å². The van der Waals surface area contributed by atoms with E-state index in [1.807, 2.05) is 0 Å². The highest BCUT2D eigenvalue weighted by atomic mass is 16.5. The van der Waals surface area contributed by atoms with Crippen molar-refractivity contribution in [2.45, 2.75) is 39.0 Å². The van der Waals surface area contributed by atoms with Crippen molar-refractivity contribution < 1.29 is 9.47 Å². The Morgan fingerprint density at radius 3 is 2.62 bits per heavy atom. The maximum absolute atomic E-state index is 6.07. The second-order valence-electron chi connectivity index (χ2n) is 7.22. The molecule has 3 heteroatoms. The fourth-order valence-electron chi connectivity index (χ4n) is 3.53. The Bertz CT molecular complexity index is 530. The fourth-order valence-corrected chi connectivity index (χ4v) is 3.53. The highest BCUT2D eigenvalue weighted by Gasteiger charge is 2.46. The first-order valence-electron chi connectivity index (χ1n) is 8.34. The van der Waals surface area contributed by atoms with Gasteiger partial charge in [0, 0.05) is 5.41 Å². The van der Waals surface area contributed by atoms with E-state index in [0.29, 0.717) is 5.41 Å². The summed E-state index contributed by atoms with van der Waals surface area (Å²) in [4.78, 5) is 0. The summed E-state index contributed by atoms with van der Waals surface area (Å²) >= 11 is 0. The predicted molar refractivity (Wildman–Crippen MR) is 83.1 cm³/mol. The van der Waals surface area contributed by atoms with Crippen LogP contribution in [0.25, 0.3) is 0 Å². The molecule has 4 rings (SSSR count). The van der Waals surface area contributed by atoms with Crippen LogP contribution in [0.1, 0.15) is 36.8 Å². The van der Waals surface area contributed by atoms with Crippen molar-refractivity contribution in [2.24, 2.45) is 11.3 Å². The van der Waals surface area contributed by atoms with Gasteiger partial charge in [-0.05, 0) is 81.3 Å². The lowest BCUT2D eigenvalue weighted by Crippen LogP contribution is -2.31. The molecule has 2 aliphatic heterocycles. The monoisotopic (exact) mass is 287 g/mol. The number of rotatable bonds is 2. The molecule has 1 atom stereocenters. The second kappa shape index (κ2) is 5.20. The summed E-state index contributed by atoms with van der Waals surface area (Å²) in [6.07, 6.45) is 6.29. The molecule has 1 unspecified atom stereocenters. The normalized spacial score (nSPS) is 26.4. The van der Waals surface area contributed by atoms with Crippen LogP contribution in [0.5, 0.6) is 11.5 Å². The summed E-state index contributed by atoms with van der Waals surface area (Å²) in [5.41, 5.74) is 3.09. The number of hydrogen-bond donors (Lipinski definition) is 1. The third-order valence-electron chi connectivity index (χ3n) is 5.33. The van der Waals surface area contributed by atoms with Crippen LogP contribution in [-0.2, 0) is 6.42 Å². The van der Waals surface area contributed by atoms with Gasteiger partial charge in [0.15, 0.2) is 11.5 Å². The highest BCUT2D eigenvalue weighted by molar-refractivity contribution is 5.48. The molecular formula is C18H25NO2. The third kappa shape index (κ3) is 2.76. The van der Waals surface area contributed by atoms with Gasteiger partial charge in [-0.2, -0.15) is 0 Å². The molecule has 1 aromatic carbocycles. The Balaban J connectivity index is 1.54.